The molecule has 0 spiro atoms. The molecule has 2 aromatic heterocycles. The number of rotatable bonds is 6. The van der Waals surface area contributed by atoms with Crippen LogP contribution >= 0.6 is 27.3 Å². The van der Waals surface area contributed by atoms with Crippen LogP contribution in [-0.2, 0) is 16.6 Å². The fraction of sp³-hybridized carbons (Fsp3) is 0.348. The Balaban J connectivity index is 1.34. The lowest BCUT2D eigenvalue weighted by Gasteiger charge is -2.34. The van der Waals surface area contributed by atoms with Crippen molar-refractivity contribution < 1.29 is 8.42 Å². The molecular weight excluding hydrogens is 522 g/mol. The van der Waals surface area contributed by atoms with Crippen molar-refractivity contribution in [3.05, 3.63) is 69.6 Å². The zero-order valence-electron chi connectivity index (χ0n) is 17.9. The highest BCUT2D eigenvalue weighted by molar-refractivity contribution is 9.12. The number of dihydropyridines is 2. The van der Waals surface area contributed by atoms with Crippen molar-refractivity contribution in [2.45, 2.75) is 23.6 Å². The smallest absolute Gasteiger partial charge is 0.252 e. The molecule has 0 amide bonds. The van der Waals surface area contributed by atoms with Gasteiger partial charge in [-0.05, 0) is 57.9 Å². The van der Waals surface area contributed by atoms with E-state index in [0.29, 0.717) is 30.4 Å². The number of hydrogen-bond donors (Lipinski definition) is 1. The zero-order valence-corrected chi connectivity index (χ0v) is 21.1. The maximum atomic E-state index is 12.9. The Morgan fingerprint density at radius 2 is 2.06 bits per heavy atom. The summed E-state index contributed by atoms with van der Waals surface area (Å²) in [5.74, 6) is 0.298. The van der Waals surface area contributed by atoms with Gasteiger partial charge >= 0.3 is 0 Å². The molecule has 33 heavy (non-hydrogen) atoms. The summed E-state index contributed by atoms with van der Waals surface area (Å²) >= 11 is 4.90. The molecular formula is C23H24BrN5O2S2. The molecule has 1 atom stereocenters. The van der Waals surface area contributed by atoms with E-state index in [2.05, 4.69) is 37.3 Å². The van der Waals surface area contributed by atoms with Crippen molar-refractivity contribution in [2.24, 2.45) is 21.8 Å². The summed E-state index contributed by atoms with van der Waals surface area (Å²) < 4.78 is 28.7. The monoisotopic (exact) mass is 545 g/mol. The van der Waals surface area contributed by atoms with E-state index < -0.39 is 10.0 Å². The van der Waals surface area contributed by atoms with Crippen LogP contribution in [0.25, 0.3) is 0 Å². The average Bonchev–Trinajstić information content (AvgIpc) is 3.40. The molecule has 0 aromatic carbocycles. The normalized spacial score (nSPS) is 22.0. The lowest BCUT2D eigenvalue weighted by Crippen LogP contribution is -2.40. The summed E-state index contributed by atoms with van der Waals surface area (Å²) in [7, 11) is -3.41. The van der Waals surface area contributed by atoms with Gasteiger partial charge in [0.15, 0.2) is 0 Å². The van der Waals surface area contributed by atoms with E-state index in [-0.39, 0.29) is 11.8 Å². The summed E-state index contributed by atoms with van der Waals surface area (Å²) in [6.45, 7) is 2.34. The Hall–Kier alpha value is -2.14. The molecule has 0 saturated carbocycles. The summed E-state index contributed by atoms with van der Waals surface area (Å²) in [6, 6.07) is 7.44. The van der Waals surface area contributed by atoms with Crippen molar-refractivity contribution >= 4 is 49.2 Å². The number of pyridine rings is 1. The van der Waals surface area contributed by atoms with Gasteiger partial charge < -0.3 is 5.32 Å². The molecule has 5 rings (SSSR count). The predicted octanol–water partition coefficient (Wildman–Crippen LogP) is 3.98. The van der Waals surface area contributed by atoms with E-state index in [1.165, 1.54) is 11.3 Å². The molecule has 2 aromatic rings. The molecule has 0 aliphatic carbocycles. The van der Waals surface area contributed by atoms with E-state index in [1.54, 1.807) is 28.0 Å². The van der Waals surface area contributed by atoms with Gasteiger partial charge in [-0.2, -0.15) is 4.31 Å². The Morgan fingerprint density at radius 3 is 2.79 bits per heavy atom. The van der Waals surface area contributed by atoms with E-state index in [9.17, 15) is 8.42 Å². The van der Waals surface area contributed by atoms with Gasteiger partial charge in [-0.3, -0.25) is 15.0 Å². The van der Waals surface area contributed by atoms with Gasteiger partial charge in [-0.15, -0.1) is 11.3 Å². The van der Waals surface area contributed by atoms with Gasteiger partial charge in [0.1, 0.15) is 4.21 Å². The third-order valence-electron chi connectivity index (χ3n) is 6.18. The van der Waals surface area contributed by atoms with Crippen LogP contribution in [0, 0.1) is 11.8 Å². The molecule has 3 aliphatic heterocycles. The first kappa shape index (κ1) is 22.6. The van der Waals surface area contributed by atoms with Crippen molar-refractivity contribution in [3.63, 3.8) is 0 Å². The molecule has 0 radical (unpaired) electrons. The quantitative estimate of drug-likeness (QED) is 0.594. The lowest BCUT2D eigenvalue weighted by molar-refractivity contribution is 0.316. The Kier molecular flexibility index (Phi) is 6.60. The van der Waals surface area contributed by atoms with Crippen LogP contribution in [-0.4, -0.2) is 49.3 Å². The molecule has 10 heteroatoms. The van der Waals surface area contributed by atoms with Gasteiger partial charge in [-0.1, -0.05) is 12.1 Å². The molecule has 1 saturated heterocycles. The molecule has 0 bridgehead atoms. The predicted molar refractivity (Wildman–Crippen MR) is 135 cm³/mol. The first-order chi connectivity index (χ1) is 16.0. The summed E-state index contributed by atoms with van der Waals surface area (Å²) in [6.07, 6.45) is 9.11. The van der Waals surface area contributed by atoms with Crippen LogP contribution in [0.1, 0.15) is 18.4 Å². The second-order valence-electron chi connectivity index (χ2n) is 8.24. The third kappa shape index (κ3) is 4.75. The number of thiophene rings is 1. The number of aromatic nitrogens is 1. The van der Waals surface area contributed by atoms with E-state index in [0.717, 1.165) is 40.0 Å². The minimum absolute atomic E-state index is 0.0871. The van der Waals surface area contributed by atoms with Crippen LogP contribution < -0.4 is 5.32 Å². The minimum atomic E-state index is -3.41. The highest BCUT2D eigenvalue weighted by Crippen LogP contribution is 2.35. The van der Waals surface area contributed by atoms with Crippen LogP contribution in [0.4, 0.5) is 0 Å². The zero-order chi connectivity index (χ0) is 22.8. The largest absolute Gasteiger partial charge is 0.384 e. The second-order valence-corrected chi connectivity index (χ2v) is 12.2. The number of nitrogens with one attached hydrogen (secondary N) is 1. The fourth-order valence-electron chi connectivity index (χ4n) is 4.39. The van der Waals surface area contributed by atoms with Gasteiger partial charge in [-0.25, -0.2) is 8.42 Å². The van der Waals surface area contributed by atoms with Gasteiger partial charge in [0.2, 0.25) is 0 Å². The molecule has 7 nitrogen and oxygen atoms in total. The van der Waals surface area contributed by atoms with Gasteiger partial charge in [0.05, 0.1) is 22.6 Å². The molecule has 5 heterocycles. The SMILES string of the molecule is O=S(=O)(c1cccs1)N1CCC(C2=NC3=C(Br)C=NCC3C(NCc3cccnc3)=C2)CC1. The van der Waals surface area contributed by atoms with Crippen LogP contribution in [0.15, 0.2) is 78.2 Å². The first-order valence-electron chi connectivity index (χ1n) is 10.9. The summed E-state index contributed by atoms with van der Waals surface area (Å²) in [5.41, 5.74) is 4.21. The van der Waals surface area contributed by atoms with Crippen LogP contribution in [0.5, 0.6) is 0 Å². The standard InChI is InChI=1S/C23H24BrN5O2S2/c24-19-15-26-14-18-21(27-13-16-3-1-7-25-12-16)11-20(28-23(18)19)17-5-8-29(9-6-17)33(30,31)22-4-2-10-32-22/h1-4,7,10-12,15,17-18,27H,5-6,8-9,13-14H2. The molecule has 1 fully saturated rings. The molecule has 1 unspecified atom stereocenters. The Bertz CT molecular complexity index is 1230. The average molecular weight is 547 g/mol. The summed E-state index contributed by atoms with van der Waals surface area (Å²) in [5, 5.41) is 5.39. The number of aliphatic imine (C=N–C) groups is 2. The number of nitrogens with zero attached hydrogens (tertiary/aromatic N) is 4. The van der Waals surface area contributed by atoms with Gasteiger partial charge in [0, 0.05) is 55.6 Å². The number of allylic oxidation sites excluding steroid dienone is 2. The third-order valence-corrected chi connectivity index (χ3v) is 10.1. The Labute approximate surface area is 206 Å². The van der Waals surface area contributed by atoms with E-state index in [1.807, 2.05) is 24.5 Å². The lowest BCUT2D eigenvalue weighted by atomic mass is 9.87. The van der Waals surface area contributed by atoms with Crippen molar-refractivity contribution in [3.8, 4) is 0 Å². The highest BCUT2D eigenvalue weighted by Gasteiger charge is 2.34. The van der Waals surface area contributed by atoms with Crippen molar-refractivity contribution in [2.75, 3.05) is 19.6 Å². The molecule has 172 valence electrons. The Morgan fingerprint density at radius 1 is 1.21 bits per heavy atom. The summed E-state index contributed by atoms with van der Waals surface area (Å²) in [4.78, 5) is 13.7. The number of halogens is 1. The number of piperidine rings is 1. The maximum absolute atomic E-state index is 12.9. The topological polar surface area (TPSA) is 87.0 Å². The van der Waals surface area contributed by atoms with Crippen molar-refractivity contribution in [1.82, 2.24) is 14.6 Å². The maximum Gasteiger partial charge on any atom is 0.252 e. The van der Waals surface area contributed by atoms with Gasteiger partial charge in [0.25, 0.3) is 10.0 Å². The second kappa shape index (κ2) is 9.61. The molecule has 1 N–H and O–H groups in total. The number of fused-ring (bicyclic) bond motifs is 1. The first-order valence-corrected chi connectivity index (χ1v) is 14.0. The molecule has 3 aliphatic rings. The minimum Gasteiger partial charge on any atom is -0.384 e. The van der Waals surface area contributed by atoms with Crippen LogP contribution in [0.3, 0.4) is 0 Å². The number of sulfonamides is 1. The van der Waals surface area contributed by atoms with E-state index >= 15 is 0 Å². The highest BCUT2D eigenvalue weighted by atomic mass is 79.9. The van der Waals surface area contributed by atoms with Crippen LogP contribution in [0.2, 0.25) is 0 Å². The number of hydrogen-bond acceptors (Lipinski definition) is 7. The van der Waals surface area contributed by atoms with Crippen molar-refractivity contribution in [1.29, 1.82) is 0 Å². The fourth-order valence-corrected chi connectivity index (χ4v) is 7.51. The van der Waals surface area contributed by atoms with E-state index in [4.69, 9.17) is 4.99 Å².